The Hall–Kier alpha value is -3.97. The molecule has 0 unspecified atom stereocenters. The second-order valence-electron chi connectivity index (χ2n) is 9.29. The molecule has 7 heteroatoms. The summed E-state index contributed by atoms with van der Waals surface area (Å²) in [6.45, 7) is 4.77. The van der Waals surface area contributed by atoms with Gasteiger partial charge in [0.1, 0.15) is 23.0 Å². The molecule has 1 heterocycles. The predicted octanol–water partition coefficient (Wildman–Crippen LogP) is 5.27. The number of carbonyl (C=O) groups is 1. The topological polar surface area (TPSA) is 83.9 Å². The molecular formula is C29H35FN5O+. The smallest absolute Gasteiger partial charge is 0.268 e. The monoisotopic (exact) mass is 488 g/mol. The SMILES string of the molecule is CC.C[N+](C)(C)c1ccc(CNC(=O)c2cc3cc(F)ccc3n2Cc2cccc(C(=N)N)c2)cc1. The van der Waals surface area contributed by atoms with Gasteiger partial charge < -0.3 is 15.6 Å². The highest BCUT2D eigenvalue weighted by molar-refractivity contribution is 5.99. The Kier molecular flexibility index (Phi) is 8.27. The van der Waals surface area contributed by atoms with Crippen molar-refractivity contribution in [2.24, 2.45) is 5.73 Å². The van der Waals surface area contributed by atoms with Gasteiger partial charge in [0.25, 0.3) is 5.91 Å². The third-order valence-electron chi connectivity index (χ3n) is 5.84. The molecule has 4 rings (SSSR count). The average Bonchev–Trinajstić information content (AvgIpc) is 3.21. The van der Waals surface area contributed by atoms with Crippen molar-refractivity contribution in [2.75, 3.05) is 21.1 Å². The Morgan fingerprint density at radius 1 is 0.972 bits per heavy atom. The standard InChI is InChI=1S/C27H28FN5O.C2H6/c1-33(2,3)23-10-7-18(8-11-23)16-31-27(34)25-15-21-14-22(28)9-12-24(21)32(25)17-19-5-4-6-20(13-19)26(29)30;1-2/h4-15H,16-17H2,1-3H3,(H3-,29,30,31,34);1-2H3/p+1. The largest absolute Gasteiger partial charge is 0.384 e. The molecule has 0 spiro atoms. The van der Waals surface area contributed by atoms with Crippen LogP contribution in [0, 0.1) is 11.2 Å². The summed E-state index contributed by atoms with van der Waals surface area (Å²) in [5, 5.41) is 11.3. The van der Waals surface area contributed by atoms with E-state index in [-0.39, 0.29) is 17.6 Å². The van der Waals surface area contributed by atoms with Crippen LogP contribution in [-0.4, -0.2) is 37.5 Å². The molecule has 188 valence electrons. The molecule has 1 amide bonds. The highest BCUT2D eigenvalue weighted by atomic mass is 19.1. The minimum absolute atomic E-state index is 0.0180. The van der Waals surface area contributed by atoms with E-state index in [4.69, 9.17) is 11.1 Å². The summed E-state index contributed by atoms with van der Waals surface area (Å²) in [6.07, 6.45) is 0. The summed E-state index contributed by atoms with van der Waals surface area (Å²) in [4.78, 5) is 13.2. The zero-order valence-corrected chi connectivity index (χ0v) is 21.6. The Morgan fingerprint density at radius 3 is 2.31 bits per heavy atom. The number of rotatable bonds is 7. The van der Waals surface area contributed by atoms with Gasteiger partial charge in [-0.05, 0) is 53.6 Å². The quantitative estimate of drug-likeness (QED) is 0.188. The molecule has 0 bridgehead atoms. The summed E-state index contributed by atoms with van der Waals surface area (Å²) < 4.78 is 16.5. The van der Waals surface area contributed by atoms with E-state index in [1.165, 1.54) is 17.8 Å². The van der Waals surface area contributed by atoms with Crippen molar-refractivity contribution in [1.29, 1.82) is 5.41 Å². The summed E-state index contributed by atoms with van der Waals surface area (Å²) >= 11 is 0. The van der Waals surface area contributed by atoms with Crippen LogP contribution in [-0.2, 0) is 13.1 Å². The molecule has 1 aromatic heterocycles. The van der Waals surface area contributed by atoms with Gasteiger partial charge in [-0.25, -0.2) is 4.39 Å². The molecule has 0 aliphatic rings. The molecule has 0 atom stereocenters. The van der Waals surface area contributed by atoms with Gasteiger partial charge in [-0.3, -0.25) is 14.7 Å². The first-order valence-electron chi connectivity index (χ1n) is 12.0. The van der Waals surface area contributed by atoms with Crippen molar-refractivity contribution in [3.8, 4) is 0 Å². The number of amides is 1. The molecule has 0 aliphatic heterocycles. The number of halogens is 1. The third-order valence-corrected chi connectivity index (χ3v) is 5.84. The van der Waals surface area contributed by atoms with Crippen LogP contribution in [0.3, 0.4) is 0 Å². The third kappa shape index (κ3) is 6.17. The Morgan fingerprint density at radius 2 is 1.67 bits per heavy atom. The van der Waals surface area contributed by atoms with E-state index in [9.17, 15) is 9.18 Å². The molecule has 6 nitrogen and oxygen atoms in total. The number of fused-ring (bicyclic) bond motifs is 1. The predicted molar refractivity (Wildman–Crippen MR) is 147 cm³/mol. The minimum atomic E-state index is -0.354. The van der Waals surface area contributed by atoms with Crippen LogP contribution in [0.4, 0.5) is 10.1 Å². The van der Waals surface area contributed by atoms with Crippen molar-refractivity contribution in [3.05, 3.63) is 101 Å². The number of nitrogen functional groups attached to an aromatic ring is 1. The van der Waals surface area contributed by atoms with Crippen LogP contribution in [0.25, 0.3) is 10.9 Å². The number of carbonyl (C=O) groups excluding carboxylic acids is 1. The molecule has 36 heavy (non-hydrogen) atoms. The zero-order valence-electron chi connectivity index (χ0n) is 21.6. The Bertz CT molecular complexity index is 1370. The number of nitrogens with one attached hydrogen (secondary N) is 2. The van der Waals surface area contributed by atoms with Crippen molar-refractivity contribution in [3.63, 3.8) is 0 Å². The van der Waals surface area contributed by atoms with E-state index in [1.54, 1.807) is 18.2 Å². The van der Waals surface area contributed by atoms with Crippen LogP contribution >= 0.6 is 0 Å². The van der Waals surface area contributed by atoms with Gasteiger partial charge >= 0.3 is 0 Å². The number of benzene rings is 3. The fraction of sp³-hybridized carbons (Fsp3) is 0.241. The Balaban J connectivity index is 0.00000176. The molecule has 0 saturated carbocycles. The highest BCUT2D eigenvalue weighted by Crippen LogP contribution is 2.23. The van der Waals surface area contributed by atoms with Gasteiger partial charge in [-0.2, -0.15) is 0 Å². The maximum absolute atomic E-state index is 13.9. The number of hydrogen-bond acceptors (Lipinski definition) is 2. The molecule has 3 aromatic carbocycles. The molecular weight excluding hydrogens is 453 g/mol. The summed E-state index contributed by atoms with van der Waals surface area (Å²) in [6, 6.07) is 21.7. The van der Waals surface area contributed by atoms with E-state index in [0.29, 0.717) is 34.2 Å². The van der Waals surface area contributed by atoms with E-state index in [0.717, 1.165) is 16.6 Å². The first kappa shape index (κ1) is 26.6. The van der Waals surface area contributed by atoms with Gasteiger partial charge in [0, 0.05) is 29.6 Å². The fourth-order valence-corrected chi connectivity index (χ4v) is 3.95. The number of aromatic nitrogens is 1. The molecule has 4 aromatic rings. The second kappa shape index (κ2) is 11.2. The van der Waals surface area contributed by atoms with Gasteiger partial charge in [-0.1, -0.05) is 44.2 Å². The van der Waals surface area contributed by atoms with Crippen molar-refractivity contribution in [1.82, 2.24) is 14.4 Å². The lowest BCUT2D eigenvalue weighted by atomic mass is 10.1. The van der Waals surface area contributed by atoms with Gasteiger partial charge in [0.2, 0.25) is 0 Å². The summed E-state index contributed by atoms with van der Waals surface area (Å²) in [5.41, 5.74) is 10.5. The van der Waals surface area contributed by atoms with Crippen LogP contribution in [0.2, 0.25) is 0 Å². The average molecular weight is 489 g/mol. The van der Waals surface area contributed by atoms with Crippen molar-refractivity contribution in [2.45, 2.75) is 26.9 Å². The number of nitrogens with two attached hydrogens (primary N) is 1. The van der Waals surface area contributed by atoms with Gasteiger partial charge in [0.05, 0.1) is 21.1 Å². The lowest BCUT2D eigenvalue weighted by Gasteiger charge is -2.23. The van der Waals surface area contributed by atoms with Crippen LogP contribution in [0.1, 0.15) is 41.0 Å². The summed E-state index contributed by atoms with van der Waals surface area (Å²) in [7, 11) is 6.31. The number of nitrogens with zero attached hydrogens (tertiary/aromatic N) is 2. The molecule has 4 N–H and O–H groups in total. The Labute approximate surface area is 212 Å². The van der Waals surface area contributed by atoms with E-state index in [2.05, 4.69) is 38.6 Å². The maximum Gasteiger partial charge on any atom is 0.268 e. The number of hydrogen-bond donors (Lipinski definition) is 3. The molecule has 0 radical (unpaired) electrons. The second-order valence-corrected chi connectivity index (χ2v) is 9.29. The zero-order chi connectivity index (χ0) is 26.5. The first-order valence-corrected chi connectivity index (χ1v) is 12.0. The molecule has 0 saturated heterocycles. The normalized spacial score (nSPS) is 11.1. The lowest BCUT2D eigenvalue weighted by Crippen LogP contribution is -2.34. The van der Waals surface area contributed by atoms with Crippen LogP contribution < -0.4 is 15.5 Å². The highest BCUT2D eigenvalue weighted by Gasteiger charge is 2.17. The van der Waals surface area contributed by atoms with Gasteiger partial charge in [0.15, 0.2) is 0 Å². The van der Waals surface area contributed by atoms with Gasteiger partial charge in [-0.15, -0.1) is 0 Å². The van der Waals surface area contributed by atoms with Crippen molar-refractivity contribution >= 4 is 28.3 Å². The number of amidine groups is 1. The van der Waals surface area contributed by atoms with Crippen molar-refractivity contribution < 1.29 is 9.18 Å². The summed E-state index contributed by atoms with van der Waals surface area (Å²) in [5.74, 6) is -0.613. The van der Waals surface area contributed by atoms with E-state index < -0.39 is 0 Å². The fourth-order valence-electron chi connectivity index (χ4n) is 3.95. The maximum atomic E-state index is 13.9. The van der Waals surface area contributed by atoms with E-state index in [1.807, 2.05) is 48.7 Å². The van der Waals surface area contributed by atoms with E-state index >= 15 is 0 Å². The molecule has 0 aliphatic carbocycles. The van der Waals surface area contributed by atoms with Crippen LogP contribution in [0.15, 0.2) is 72.8 Å². The lowest BCUT2D eigenvalue weighted by molar-refractivity contribution is 0.0942. The number of quaternary nitrogens is 1. The molecule has 0 fully saturated rings. The first-order chi connectivity index (χ1) is 17.1. The minimum Gasteiger partial charge on any atom is -0.384 e. The van der Waals surface area contributed by atoms with Crippen LogP contribution in [0.5, 0.6) is 0 Å².